The van der Waals surface area contributed by atoms with E-state index < -0.39 is 6.09 Å². The Balaban J connectivity index is 2.13. The summed E-state index contributed by atoms with van der Waals surface area (Å²) >= 11 is 0. The van der Waals surface area contributed by atoms with E-state index in [9.17, 15) is 9.36 Å². The minimum Gasteiger partial charge on any atom is -0.445 e. The van der Waals surface area contributed by atoms with Crippen LogP contribution in [0.4, 0.5) is 4.79 Å². The van der Waals surface area contributed by atoms with E-state index in [0.29, 0.717) is 19.1 Å². The molecule has 0 spiro atoms. The van der Waals surface area contributed by atoms with Crippen molar-refractivity contribution in [2.24, 2.45) is 0 Å². The van der Waals surface area contributed by atoms with Crippen molar-refractivity contribution < 1.29 is 14.1 Å². The lowest BCUT2D eigenvalue weighted by Crippen LogP contribution is -2.25. The van der Waals surface area contributed by atoms with Crippen LogP contribution in [-0.4, -0.2) is 18.8 Å². The van der Waals surface area contributed by atoms with Gasteiger partial charge in [0.2, 0.25) is 0 Å². The molecule has 0 saturated heterocycles. The number of hydrogen-bond donors (Lipinski definition) is 1. The van der Waals surface area contributed by atoms with Crippen LogP contribution in [0, 0.1) is 0 Å². The summed E-state index contributed by atoms with van der Waals surface area (Å²) in [6, 6.07) is 9.48. The van der Waals surface area contributed by atoms with Crippen molar-refractivity contribution in [3.63, 3.8) is 0 Å². The Bertz CT molecular complexity index is 329. The first-order valence-electron chi connectivity index (χ1n) is 5.06. The molecule has 1 N–H and O–H groups in total. The van der Waals surface area contributed by atoms with Gasteiger partial charge < -0.3 is 10.1 Å². The van der Waals surface area contributed by atoms with Crippen LogP contribution < -0.4 is 5.32 Å². The molecule has 0 aliphatic heterocycles. The summed E-state index contributed by atoms with van der Waals surface area (Å²) in [7, 11) is 0.109. The molecule has 1 aromatic rings. The topological polar surface area (TPSA) is 55.4 Å². The van der Waals surface area contributed by atoms with Gasteiger partial charge in [0, 0.05) is 12.7 Å². The van der Waals surface area contributed by atoms with E-state index in [1.165, 1.54) is 0 Å². The van der Waals surface area contributed by atoms with Gasteiger partial charge in [0.1, 0.15) is 6.61 Å². The molecular formula is C11H14NO3P. The van der Waals surface area contributed by atoms with Gasteiger partial charge in [-0.2, -0.15) is 0 Å². The summed E-state index contributed by atoms with van der Waals surface area (Å²) in [5.74, 6) is 0. The molecule has 0 heterocycles. The van der Waals surface area contributed by atoms with Gasteiger partial charge in [-0.1, -0.05) is 30.3 Å². The average molecular weight is 239 g/mol. The quantitative estimate of drug-likeness (QED) is 0.613. The second kappa shape index (κ2) is 7.83. The highest BCUT2D eigenvalue weighted by atomic mass is 31.1. The molecule has 5 heteroatoms. The van der Waals surface area contributed by atoms with Crippen molar-refractivity contribution in [2.75, 3.05) is 12.7 Å². The van der Waals surface area contributed by atoms with Crippen molar-refractivity contribution in [1.29, 1.82) is 0 Å². The number of carbonyl (C=O) groups excluding carboxylic acids is 1. The Labute approximate surface area is 96.2 Å². The first kappa shape index (κ1) is 12.7. The number of amides is 1. The zero-order chi connectivity index (χ0) is 11.6. The van der Waals surface area contributed by atoms with Crippen LogP contribution in [-0.2, 0) is 15.9 Å². The Morgan fingerprint density at radius 3 is 2.75 bits per heavy atom. The third-order valence-electron chi connectivity index (χ3n) is 1.91. The fourth-order valence-corrected chi connectivity index (χ4v) is 1.40. The second-order valence-electron chi connectivity index (χ2n) is 3.19. The van der Waals surface area contributed by atoms with Crippen molar-refractivity contribution in [3.05, 3.63) is 35.9 Å². The van der Waals surface area contributed by atoms with Crippen LogP contribution in [0.1, 0.15) is 12.0 Å². The van der Waals surface area contributed by atoms with Crippen LogP contribution in [0.15, 0.2) is 30.3 Å². The van der Waals surface area contributed by atoms with Crippen molar-refractivity contribution >= 4 is 14.6 Å². The predicted molar refractivity (Wildman–Crippen MR) is 61.7 cm³/mol. The Morgan fingerprint density at radius 2 is 2.06 bits per heavy atom. The zero-order valence-corrected chi connectivity index (χ0v) is 9.78. The van der Waals surface area contributed by atoms with Gasteiger partial charge >= 0.3 is 6.09 Å². The van der Waals surface area contributed by atoms with E-state index in [2.05, 4.69) is 5.32 Å². The molecule has 0 unspecified atom stereocenters. The van der Waals surface area contributed by atoms with Crippen molar-refractivity contribution in [1.82, 2.24) is 5.32 Å². The minimum atomic E-state index is -0.439. The van der Waals surface area contributed by atoms with Crippen LogP contribution in [0.25, 0.3) is 0 Å². The van der Waals surface area contributed by atoms with Gasteiger partial charge in [-0.3, -0.25) is 4.57 Å². The molecule has 86 valence electrons. The third-order valence-corrected chi connectivity index (χ3v) is 2.41. The maximum Gasteiger partial charge on any atom is 0.407 e. The van der Waals surface area contributed by atoms with E-state index in [0.717, 1.165) is 5.56 Å². The van der Waals surface area contributed by atoms with Crippen LogP contribution in [0.5, 0.6) is 0 Å². The highest BCUT2D eigenvalue weighted by Gasteiger charge is 2.00. The molecule has 0 aliphatic rings. The summed E-state index contributed by atoms with van der Waals surface area (Å²) in [5.41, 5.74) is 0.954. The maximum atomic E-state index is 11.2. The lowest BCUT2D eigenvalue weighted by Gasteiger charge is -2.05. The molecule has 16 heavy (non-hydrogen) atoms. The molecular weight excluding hydrogens is 225 g/mol. The normalized spacial score (nSPS) is 10.0. The SMILES string of the molecule is O=PCCCNC(=O)OCc1ccccc1. The first-order valence-corrected chi connectivity index (χ1v) is 6.06. The summed E-state index contributed by atoms with van der Waals surface area (Å²) in [5, 5.41) is 2.58. The van der Waals surface area contributed by atoms with Gasteiger partial charge in [-0.05, 0) is 12.0 Å². The van der Waals surface area contributed by atoms with Gasteiger partial charge in [0.25, 0.3) is 0 Å². The molecule has 0 saturated carbocycles. The lowest BCUT2D eigenvalue weighted by atomic mass is 10.2. The average Bonchev–Trinajstić information content (AvgIpc) is 2.33. The smallest absolute Gasteiger partial charge is 0.407 e. The molecule has 1 aromatic carbocycles. The Kier molecular flexibility index (Phi) is 6.19. The second-order valence-corrected chi connectivity index (χ2v) is 3.90. The Morgan fingerprint density at radius 1 is 1.31 bits per heavy atom. The number of carbonyl (C=O) groups is 1. The van der Waals surface area contributed by atoms with Crippen molar-refractivity contribution in [2.45, 2.75) is 13.0 Å². The summed E-state index contributed by atoms with van der Waals surface area (Å²) in [4.78, 5) is 11.2. The summed E-state index contributed by atoms with van der Waals surface area (Å²) in [6.07, 6.45) is 0.802. The minimum absolute atomic E-state index is 0.109. The molecule has 0 aliphatic carbocycles. The fourth-order valence-electron chi connectivity index (χ4n) is 1.11. The standard InChI is InChI=1S/C11H14NO3P/c13-11(12-7-4-8-16-14)15-9-10-5-2-1-3-6-10/h1-3,5-6H,4,7-9H2,(H,12,13). The molecule has 1 rings (SSSR count). The third kappa shape index (κ3) is 5.47. The number of hydrogen-bond acceptors (Lipinski definition) is 3. The molecule has 1 amide bonds. The van der Waals surface area contributed by atoms with E-state index in [4.69, 9.17) is 4.74 Å². The maximum absolute atomic E-state index is 11.2. The molecule has 0 atom stereocenters. The molecule has 0 radical (unpaired) electrons. The summed E-state index contributed by atoms with van der Waals surface area (Å²) < 4.78 is 15.1. The number of benzene rings is 1. The van der Waals surface area contributed by atoms with Crippen molar-refractivity contribution in [3.8, 4) is 0 Å². The first-order chi connectivity index (χ1) is 7.83. The molecule has 0 fully saturated rings. The van der Waals surface area contributed by atoms with E-state index in [1.54, 1.807) is 0 Å². The number of ether oxygens (including phenoxy) is 1. The predicted octanol–water partition coefficient (Wildman–Crippen LogP) is 2.59. The van der Waals surface area contributed by atoms with E-state index >= 15 is 0 Å². The Hall–Kier alpha value is -1.41. The molecule has 4 nitrogen and oxygen atoms in total. The summed E-state index contributed by atoms with van der Waals surface area (Å²) in [6.45, 7) is 0.759. The molecule has 0 aromatic heterocycles. The highest BCUT2D eigenvalue weighted by Crippen LogP contribution is 2.00. The number of nitrogens with one attached hydrogen (secondary N) is 1. The van der Waals surface area contributed by atoms with Crippen LogP contribution in [0.2, 0.25) is 0 Å². The highest BCUT2D eigenvalue weighted by molar-refractivity contribution is 7.23. The fraction of sp³-hybridized carbons (Fsp3) is 0.364. The van der Waals surface area contributed by atoms with Gasteiger partial charge in [0.05, 0.1) is 0 Å². The van der Waals surface area contributed by atoms with Crippen LogP contribution >= 0.6 is 8.46 Å². The van der Waals surface area contributed by atoms with Gasteiger partial charge in [-0.25, -0.2) is 4.79 Å². The zero-order valence-electron chi connectivity index (χ0n) is 8.89. The monoisotopic (exact) mass is 239 g/mol. The number of rotatable bonds is 6. The van der Waals surface area contributed by atoms with Crippen LogP contribution in [0.3, 0.4) is 0 Å². The van der Waals surface area contributed by atoms with E-state index in [1.807, 2.05) is 30.3 Å². The van der Waals surface area contributed by atoms with Gasteiger partial charge in [-0.15, -0.1) is 0 Å². The lowest BCUT2D eigenvalue weighted by molar-refractivity contribution is 0.139. The van der Waals surface area contributed by atoms with E-state index in [-0.39, 0.29) is 15.1 Å². The molecule has 0 bridgehead atoms. The van der Waals surface area contributed by atoms with Gasteiger partial charge in [0.15, 0.2) is 8.46 Å². The largest absolute Gasteiger partial charge is 0.445 e. The number of alkyl carbamates (subject to hydrolysis) is 1.